The Hall–Kier alpha value is -1.74. The standard InChI is InChI=1S/C18H21F2N/c1-4-10-21-13(3)14-6-5-7-15(11-14)16-9-8-12(2)17(19)18(16)20/h5-9,11,13,21H,4,10H2,1-3H3. The van der Waals surface area contributed by atoms with Crippen molar-refractivity contribution >= 4 is 0 Å². The zero-order chi connectivity index (χ0) is 15.4. The summed E-state index contributed by atoms with van der Waals surface area (Å²) in [5.74, 6) is -1.55. The molecule has 0 spiro atoms. The summed E-state index contributed by atoms with van der Waals surface area (Å²) in [5, 5.41) is 3.39. The smallest absolute Gasteiger partial charge is 0.166 e. The summed E-state index contributed by atoms with van der Waals surface area (Å²) in [4.78, 5) is 0. The van der Waals surface area contributed by atoms with Gasteiger partial charge in [0.15, 0.2) is 11.6 Å². The van der Waals surface area contributed by atoms with Crippen molar-refractivity contribution < 1.29 is 8.78 Å². The fourth-order valence-corrected chi connectivity index (χ4v) is 2.32. The van der Waals surface area contributed by atoms with Crippen molar-refractivity contribution in [1.82, 2.24) is 5.32 Å². The summed E-state index contributed by atoms with van der Waals surface area (Å²) in [6.45, 7) is 6.68. The van der Waals surface area contributed by atoms with Gasteiger partial charge in [-0.15, -0.1) is 0 Å². The normalized spacial score (nSPS) is 12.4. The average molecular weight is 289 g/mol. The molecule has 2 rings (SSSR count). The van der Waals surface area contributed by atoms with Crippen LogP contribution in [0, 0.1) is 18.6 Å². The van der Waals surface area contributed by atoms with Crippen molar-refractivity contribution in [2.45, 2.75) is 33.2 Å². The van der Waals surface area contributed by atoms with Gasteiger partial charge in [-0.25, -0.2) is 8.78 Å². The minimum absolute atomic E-state index is 0.184. The largest absolute Gasteiger partial charge is 0.310 e. The van der Waals surface area contributed by atoms with Gasteiger partial charge in [-0.2, -0.15) is 0 Å². The van der Waals surface area contributed by atoms with Gasteiger partial charge in [0, 0.05) is 11.6 Å². The van der Waals surface area contributed by atoms with Crippen LogP contribution in [0.2, 0.25) is 0 Å². The maximum atomic E-state index is 14.1. The Balaban J connectivity index is 2.35. The summed E-state index contributed by atoms with van der Waals surface area (Å²) in [7, 11) is 0. The predicted molar refractivity (Wildman–Crippen MR) is 83.2 cm³/mol. The van der Waals surface area contributed by atoms with E-state index in [2.05, 4.69) is 19.2 Å². The van der Waals surface area contributed by atoms with Gasteiger partial charge in [0.1, 0.15) is 0 Å². The Labute approximate surface area is 125 Å². The molecule has 1 unspecified atom stereocenters. The first-order valence-corrected chi connectivity index (χ1v) is 7.33. The second-order valence-electron chi connectivity index (χ2n) is 5.36. The topological polar surface area (TPSA) is 12.0 Å². The number of hydrogen-bond donors (Lipinski definition) is 1. The number of rotatable bonds is 5. The van der Waals surface area contributed by atoms with E-state index in [1.165, 1.54) is 0 Å². The highest BCUT2D eigenvalue weighted by Crippen LogP contribution is 2.28. The van der Waals surface area contributed by atoms with E-state index in [1.807, 2.05) is 24.3 Å². The molecule has 0 saturated carbocycles. The fraction of sp³-hybridized carbons (Fsp3) is 0.333. The number of benzene rings is 2. The van der Waals surface area contributed by atoms with Crippen LogP contribution >= 0.6 is 0 Å². The van der Waals surface area contributed by atoms with E-state index >= 15 is 0 Å². The van der Waals surface area contributed by atoms with Crippen LogP contribution in [0.25, 0.3) is 11.1 Å². The molecule has 0 heterocycles. The van der Waals surface area contributed by atoms with Crippen LogP contribution in [0.4, 0.5) is 8.78 Å². The van der Waals surface area contributed by atoms with Gasteiger partial charge in [-0.05, 0) is 49.6 Å². The number of halogens is 2. The van der Waals surface area contributed by atoms with Crippen molar-refractivity contribution in [3.8, 4) is 11.1 Å². The zero-order valence-corrected chi connectivity index (χ0v) is 12.7. The Kier molecular flexibility index (Phi) is 5.07. The molecule has 21 heavy (non-hydrogen) atoms. The van der Waals surface area contributed by atoms with E-state index in [1.54, 1.807) is 19.1 Å². The molecule has 0 amide bonds. The lowest BCUT2D eigenvalue weighted by molar-refractivity contribution is 0.505. The summed E-state index contributed by atoms with van der Waals surface area (Å²) in [6.07, 6.45) is 1.06. The van der Waals surface area contributed by atoms with Crippen LogP contribution in [-0.2, 0) is 0 Å². The van der Waals surface area contributed by atoms with E-state index < -0.39 is 11.6 Å². The third-order valence-corrected chi connectivity index (χ3v) is 3.67. The van der Waals surface area contributed by atoms with Crippen molar-refractivity contribution in [3.05, 3.63) is 59.2 Å². The van der Waals surface area contributed by atoms with E-state index in [0.29, 0.717) is 16.7 Å². The molecule has 0 radical (unpaired) electrons. The maximum absolute atomic E-state index is 14.1. The Morgan fingerprint density at radius 3 is 2.57 bits per heavy atom. The first-order chi connectivity index (χ1) is 10.0. The molecule has 1 atom stereocenters. The summed E-state index contributed by atoms with van der Waals surface area (Å²) < 4.78 is 27.8. The van der Waals surface area contributed by atoms with E-state index in [-0.39, 0.29) is 6.04 Å². The predicted octanol–water partition coefficient (Wildman–Crippen LogP) is 5.00. The van der Waals surface area contributed by atoms with Gasteiger partial charge in [-0.3, -0.25) is 0 Å². The summed E-state index contributed by atoms with van der Waals surface area (Å²) in [6, 6.07) is 11.0. The Morgan fingerprint density at radius 2 is 1.86 bits per heavy atom. The fourth-order valence-electron chi connectivity index (χ4n) is 2.32. The molecule has 2 aromatic carbocycles. The lowest BCUT2D eigenvalue weighted by atomic mass is 9.98. The molecule has 2 aromatic rings. The van der Waals surface area contributed by atoms with Crippen molar-refractivity contribution in [2.24, 2.45) is 0 Å². The van der Waals surface area contributed by atoms with Crippen LogP contribution in [0.5, 0.6) is 0 Å². The first kappa shape index (κ1) is 15.6. The highest BCUT2D eigenvalue weighted by Gasteiger charge is 2.13. The number of hydrogen-bond acceptors (Lipinski definition) is 1. The third kappa shape index (κ3) is 3.48. The molecule has 1 nitrogen and oxygen atoms in total. The molecular weight excluding hydrogens is 268 g/mol. The van der Waals surface area contributed by atoms with E-state index in [0.717, 1.165) is 18.5 Å². The van der Waals surface area contributed by atoms with Crippen molar-refractivity contribution in [1.29, 1.82) is 0 Å². The quantitative estimate of drug-likeness (QED) is 0.816. The molecule has 112 valence electrons. The van der Waals surface area contributed by atoms with Crippen LogP contribution in [0.1, 0.15) is 37.4 Å². The SMILES string of the molecule is CCCNC(C)c1cccc(-c2ccc(C)c(F)c2F)c1. The molecule has 1 N–H and O–H groups in total. The summed E-state index contributed by atoms with van der Waals surface area (Å²) in [5.41, 5.74) is 2.41. The Bertz CT molecular complexity index is 623. The van der Waals surface area contributed by atoms with E-state index in [4.69, 9.17) is 0 Å². The van der Waals surface area contributed by atoms with Gasteiger partial charge in [0.25, 0.3) is 0 Å². The van der Waals surface area contributed by atoms with Gasteiger partial charge < -0.3 is 5.32 Å². The lowest BCUT2D eigenvalue weighted by Gasteiger charge is -2.15. The Morgan fingerprint density at radius 1 is 1.10 bits per heavy atom. The molecule has 0 aliphatic rings. The molecule has 0 aromatic heterocycles. The van der Waals surface area contributed by atoms with E-state index in [9.17, 15) is 8.78 Å². The lowest BCUT2D eigenvalue weighted by Crippen LogP contribution is -2.19. The molecule has 3 heteroatoms. The van der Waals surface area contributed by atoms with Crippen LogP contribution in [0.3, 0.4) is 0 Å². The zero-order valence-electron chi connectivity index (χ0n) is 12.7. The van der Waals surface area contributed by atoms with Crippen LogP contribution in [-0.4, -0.2) is 6.54 Å². The van der Waals surface area contributed by atoms with Crippen LogP contribution < -0.4 is 5.32 Å². The molecule has 0 fully saturated rings. The first-order valence-electron chi connectivity index (χ1n) is 7.33. The average Bonchev–Trinajstić information content (AvgIpc) is 2.50. The second-order valence-corrected chi connectivity index (χ2v) is 5.36. The van der Waals surface area contributed by atoms with Crippen LogP contribution in [0.15, 0.2) is 36.4 Å². The third-order valence-electron chi connectivity index (χ3n) is 3.67. The molecule has 0 aliphatic heterocycles. The van der Waals surface area contributed by atoms with Crippen molar-refractivity contribution in [3.63, 3.8) is 0 Å². The highest BCUT2D eigenvalue weighted by atomic mass is 19.2. The molecule has 0 bridgehead atoms. The second kappa shape index (κ2) is 6.81. The van der Waals surface area contributed by atoms with Gasteiger partial charge in [0.2, 0.25) is 0 Å². The molecule has 0 aliphatic carbocycles. The van der Waals surface area contributed by atoms with Gasteiger partial charge >= 0.3 is 0 Å². The van der Waals surface area contributed by atoms with Gasteiger partial charge in [-0.1, -0.05) is 37.3 Å². The number of nitrogens with one attached hydrogen (secondary N) is 1. The maximum Gasteiger partial charge on any atom is 0.166 e. The minimum Gasteiger partial charge on any atom is -0.310 e. The minimum atomic E-state index is -0.777. The monoisotopic (exact) mass is 289 g/mol. The molecular formula is C18H21F2N. The highest BCUT2D eigenvalue weighted by molar-refractivity contribution is 5.65. The summed E-state index contributed by atoms with van der Waals surface area (Å²) >= 11 is 0. The molecule has 0 saturated heterocycles. The van der Waals surface area contributed by atoms with Gasteiger partial charge in [0.05, 0.1) is 0 Å². The van der Waals surface area contributed by atoms with Crippen molar-refractivity contribution in [2.75, 3.05) is 6.54 Å². The number of aryl methyl sites for hydroxylation is 1.